The Hall–Kier alpha value is -3.95. The summed E-state index contributed by atoms with van der Waals surface area (Å²) in [6.45, 7) is 2.08. The van der Waals surface area contributed by atoms with Crippen LogP contribution in [0.4, 0.5) is 5.82 Å². The third-order valence-electron chi connectivity index (χ3n) is 5.45. The maximum atomic E-state index is 6.21. The van der Waals surface area contributed by atoms with Crippen molar-refractivity contribution in [3.63, 3.8) is 0 Å². The summed E-state index contributed by atoms with van der Waals surface area (Å²) in [5, 5.41) is 7.61. The second kappa shape index (κ2) is 10.1. The molecule has 0 bridgehead atoms. The Morgan fingerprint density at radius 3 is 2.57 bits per heavy atom. The fourth-order valence-electron chi connectivity index (χ4n) is 3.68. The second-order valence-corrected chi connectivity index (χ2v) is 9.33. The van der Waals surface area contributed by atoms with Crippen molar-refractivity contribution >= 4 is 28.2 Å². The van der Waals surface area contributed by atoms with E-state index in [2.05, 4.69) is 20.9 Å². The number of hydrogen-bond donors (Lipinski definition) is 1. The molecule has 3 heterocycles. The van der Waals surface area contributed by atoms with Crippen molar-refractivity contribution in [2.75, 3.05) is 26.4 Å². The molecule has 0 aliphatic heterocycles. The summed E-state index contributed by atoms with van der Waals surface area (Å²) < 4.78 is 13.8. The number of hydrogen-bond acceptors (Lipinski definition) is 8. The Morgan fingerprint density at radius 2 is 1.80 bits per heavy atom. The molecule has 0 aliphatic carbocycles. The van der Waals surface area contributed by atoms with Gasteiger partial charge < -0.3 is 20.1 Å². The van der Waals surface area contributed by atoms with E-state index in [4.69, 9.17) is 20.3 Å². The van der Waals surface area contributed by atoms with Gasteiger partial charge in [0, 0.05) is 23.1 Å². The minimum atomic E-state index is 0.417. The lowest BCUT2D eigenvalue weighted by molar-refractivity contribution is 0.308. The van der Waals surface area contributed by atoms with Gasteiger partial charge in [-0.3, -0.25) is 0 Å². The molecule has 0 unspecified atom stereocenters. The third-order valence-corrected chi connectivity index (χ3v) is 6.30. The number of ether oxygens (including phenoxy) is 2. The minimum absolute atomic E-state index is 0.417. The molecule has 5 rings (SSSR count). The molecule has 0 radical (unpaired) electrons. The Kier molecular flexibility index (Phi) is 6.60. The summed E-state index contributed by atoms with van der Waals surface area (Å²) in [5.74, 6) is 2.60. The number of anilines is 1. The van der Waals surface area contributed by atoms with Crippen LogP contribution in [0, 0.1) is 0 Å². The van der Waals surface area contributed by atoms with Gasteiger partial charge in [0.25, 0.3) is 0 Å². The molecule has 2 N–H and O–H groups in total. The van der Waals surface area contributed by atoms with E-state index in [-0.39, 0.29) is 0 Å². The van der Waals surface area contributed by atoms with Gasteiger partial charge in [0.05, 0.1) is 11.9 Å². The first-order valence-corrected chi connectivity index (χ1v) is 12.1. The third kappa shape index (κ3) is 5.26. The number of nitrogen functional groups attached to an aromatic ring is 1. The molecule has 3 aromatic heterocycles. The lowest BCUT2D eigenvalue weighted by atomic mass is 10.1. The first-order valence-electron chi connectivity index (χ1n) is 11.2. The average molecular weight is 487 g/mol. The topological polar surface area (TPSA) is 91.3 Å². The summed E-state index contributed by atoms with van der Waals surface area (Å²) in [6, 6.07) is 19.5. The molecule has 0 atom stereocenters. The van der Waals surface area contributed by atoms with Gasteiger partial charge in [-0.25, -0.2) is 14.6 Å². The van der Waals surface area contributed by atoms with Gasteiger partial charge in [0.2, 0.25) is 0 Å². The van der Waals surface area contributed by atoms with Crippen molar-refractivity contribution in [2.24, 2.45) is 0 Å². The van der Waals surface area contributed by atoms with Gasteiger partial charge >= 0.3 is 0 Å². The number of nitrogens with zero attached hydrogens (tertiary/aromatic N) is 5. The summed E-state index contributed by atoms with van der Waals surface area (Å²) in [6.07, 6.45) is 1.48. The molecule has 35 heavy (non-hydrogen) atoms. The van der Waals surface area contributed by atoms with Gasteiger partial charge in [-0.2, -0.15) is 5.10 Å². The van der Waals surface area contributed by atoms with E-state index in [9.17, 15) is 0 Å². The highest BCUT2D eigenvalue weighted by atomic mass is 32.1. The molecule has 0 saturated heterocycles. The van der Waals surface area contributed by atoms with Gasteiger partial charge in [-0.1, -0.05) is 12.1 Å². The number of nitrogens with two attached hydrogens (primary N) is 1. The van der Waals surface area contributed by atoms with Crippen molar-refractivity contribution in [1.29, 1.82) is 0 Å². The van der Waals surface area contributed by atoms with Crippen LogP contribution in [0.25, 0.3) is 22.3 Å². The normalized spacial score (nSPS) is 11.3. The van der Waals surface area contributed by atoms with E-state index in [1.54, 1.807) is 11.3 Å². The smallest absolute Gasteiger partial charge is 0.164 e. The zero-order chi connectivity index (χ0) is 24.2. The molecule has 0 saturated carbocycles. The van der Waals surface area contributed by atoms with E-state index < -0.39 is 0 Å². The molecule has 0 aliphatic rings. The number of likely N-dealkylation sites (N-methyl/N-ethyl adjacent to an activating group) is 1. The van der Waals surface area contributed by atoms with Gasteiger partial charge in [-0.05, 0) is 61.9 Å². The SMILES string of the molecule is CN(C)CCn1nc(-c2ccc(Oc3cccc(OCc4cccs4)c3)cc2)c2c(N)ncnc21. The van der Waals surface area contributed by atoms with Gasteiger partial charge in [-0.15, -0.1) is 11.3 Å². The first-order chi connectivity index (χ1) is 17.1. The van der Waals surface area contributed by atoms with E-state index >= 15 is 0 Å². The quantitative estimate of drug-likeness (QED) is 0.311. The predicted molar refractivity (Wildman–Crippen MR) is 139 cm³/mol. The zero-order valence-corrected chi connectivity index (χ0v) is 20.4. The molecule has 2 aromatic carbocycles. The Labute approximate surface area is 207 Å². The highest BCUT2D eigenvalue weighted by molar-refractivity contribution is 7.09. The summed E-state index contributed by atoms with van der Waals surface area (Å²) >= 11 is 1.67. The molecule has 5 aromatic rings. The predicted octanol–water partition coefficient (Wildman–Crippen LogP) is 5.07. The van der Waals surface area contributed by atoms with Crippen molar-refractivity contribution in [1.82, 2.24) is 24.6 Å². The fourth-order valence-corrected chi connectivity index (χ4v) is 4.29. The van der Waals surface area contributed by atoms with Gasteiger partial charge in [0.15, 0.2) is 5.65 Å². The monoisotopic (exact) mass is 486 g/mol. The number of benzene rings is 2. The van der Waals surface area contributed by atoms with E-state index in [0.29, 0.717) is 30.5 Å². The number of thiophene rings is 1. The van der Waals surface area contributed by atoms with Crippen LogP contribution in [0.1, 0.15) is 4.88 Å². The highest BCUT2D eigenvalue weighted by Crippen LogP contribution is 2.32. The summed E-state index contributed by atoms with van der Waals surface area (Å²) in [5.41, 5.74) is 8.62. The summed E-state index contributed by atoms with van der Waals surface area (Å²) in [7, 11) is 4.06. The molecule has 0 spiro atoms. The fraction of sp³-hybridized carbons (Fsp3) is 0.192. The lowest BCUT2D eigenvalue weighted by Crippen LogP contribution is -2.19. The van der Waals surface area contributed by atoms with Crippen LogP contribution in [-0.2, 0) is 13.2 Å². The Morgan fingerprint density at radius 1 is 0.971 bits per heavy atom. The average Bonchev–Trinajstić information content (AvgIpc) is 3.51. The van der Waals surface area contributed by atoms with Crippen LogP contribution in [0.15, 0.2) is 72.4 Å². The number of fused-ring (bicyclic) bond motifs is 1. The molecule has 0 fully saturated rings. The van der Waals surface area contributed by atoms with E-state index in [0.717, 1.165) is 34.6 Å². The largest absolute Gasteiger partial charge is 0.488 e. The maximum Gasteiger partial charge on any atom is 0.164 e. The molecular formula is C26H26N6O2S. The minimum Gasteiger partial charge on any atom is -0.488 e. The van der Waals surface area contributed by atoms with Crippen molar-refractivity contribution in [3.8, 4) is 28.5 Å². The molecule has 178 valence electrons. The Balaban J connectivity index is 1.34. The maximum absolute atomic E-state index is 6.21. The number of aromatic nitrogens is 4. The summed E-state index contributed by atoms with van der Waals surface area (Å²) in [4.78, 5) is 11.9. The standard InChI is InChI=1S/C26H26N6O2S/c1-31(2)12-13-32-26-23(25(27)28-17-29-26)24(30-32)18-8-10-19(11-9-18)34-21-6-3-5-20(15-21)33-16-22-7-4-14-35-22/h3-11,14-15,17H,12-13,16H2,1-2H3,(H2,27,28,29). The molecular weight excluding hydrogens is 460 g/mol. The number of rotatable bonds is 9. The van der Waals surface area contributed by atoms with Crippen molar-refractivity contribution in [2.45, 2.75) is 13.2 Å². The Bertz CT molecular complexity index is 1410. The molecule has 0 amide bonds. The van der Waals surface area contributed by atoms with Crippen molar-refractivity contribution in [3.05, 3.63) is 77.2 Å². The van der Waals surface area contributed by atoms with Crippen LogP contribution >= 0.6 is 11.3 Å². The first kappa shape index (κ1) is 22.8. The lowest BCUT2D eigenvalue weighted by Gasteiger charge is -2.09. The van der Waals surface area contributed by atoms with Crippen LogP contribution in [0.2, 0.25) is 0 Å². The van der Waals surface area contributed by atoms with Crippen LogP contribution in [-0.4, -0.2) is 45.3 Å². The van der Waals surface area contributed by atoms with Crippen molar-refractivity contribution < 1.29 is 9.47 Å². The van der Waals surface area contributed by atoms with Crippen LogP contribution in [0.5, 0.6) is 17.2 Å². The van der Waals surface area contributed by atoms with Crippen LogP contribution < -0.4 is 15.2 Å². The van der Waals surface area contributed by atoms with Gasteiger partial charge in [0.1, 0.15) is 41.7 Å². The van der Waals surface area contributed by atoms with Crippen LogP contribution in [0.3, 0.4) is 0 Å². The zero-order valence-electron chi connectivity index (χ0n) is 19.6. The molecule has 9 heteroatoms. The highest BCUT2D eigenvalue weighted by Gasteiger charge is 2.17. The van der Waals surface area contributed by atoms with E-state index in [1.165, 1.54) is 11.2 Å². The van der Waals surface area contributed by atoms with E-state index in [1.807, 2.05) is 78.8 Å². The molecule has 8 nitrogen and oxygen atoms in total. The second-order valence-electron chi connectivity index (χ2n) is 8.30.